The SMILES string of the molecule is COc1nc(-c2cc(-c3ccon3)[nH][n+]2Cc2c(F)cccc2O[Si](C)(C)C(C)(C)C)ncc1F. The molecule has 8 nitrogen and oxygen atoms in total. The number of nitrogens with one attached hydrogen (secondary N) is 1. The van der Waals surface area contributed by atoms with Crippen molar-refractivity contribution in [1.82, 2.24) is 20.2 Å². The molecule has 0 saturated heterocycles. The maximum absolute atomic E-state index is 15.2. The Morgan fingerprint density at radius 1 is 1.14 bits per heavy atom. The van der Waals surface area contributed by atoms with Crippen molar-refractivity contribution in [3.63, 3.8) is 0 Å². The zero-order valence-corrected chi connectivity index (χ0v) is 21.5. The van der Waals surface area contributed by atoms with Gasteiger partial charge in [0.25, 0.3) is 11.6 Å². The zero-order valence-electron chi connectivity index (χ0n) is 20.5. The van der Waals surface area contributed by atoms with Crippen LogP contribution < -0.4 is 13.8 Å². The van der Waals surface area contributed by atoms with Crippen molar-refractivity contribution in [2.24, 2.45) is 0 Å². The van der Waals surface area contributed by atoms with E-state index in [1.165, 1.54) is 19.4 Å². The molecule has 0 saturated carbocycles. The van der Waals surface area contributed by atoms with Crippen LogP contribution in [0, 0.1) is 11.6 Å². The number of ether oxygens (including phenoxy) is 1. The Balaban J connectivity index is 1.81. The molecule has 0 spiro atoms. The molecule has 4 aromatic rings. The second-order valence-electron chi connectivity index (χ2n) is 9.66. The van der Waals surface area contributed by atoms with Gasteiger partial charge in [-0.15, -0.1) is 4.68 Å². The number of aromatic amines is 1. The second kappa shape index (κ2) is 9.21. The Bertz CT molecular complexity index is 1330. The van der Waals surface area contributed by atoms with Crippen molar-refractivity contribution in [2.45, 2.75) is 45.4 Å². The number of hydrogen-bond donors (Lipinski definition) is 1. The van der Waals surface area contributed by atoms with Gasteiger partial charge in [-0.3, -0.25) is 0 Å². The molecule has 1 aromatic carbocycles. The van der Waals surface area contributed by atoms with Gasteiger partial charge in [0.2, 0.25) is 26.5 Å². The molecule has 0 aliphatic carbocycles. The molecule has 35 heavy (non-hydrogen) atoms. The number of methoxy groups -OCH3 is 1. The van der Waals surface area contributed by atoms with E-state index in [0.29, 0.717) is 28.4 Å². The summed E-state index contributed by atoms with van der Waals surface area (Å²) in [6.45, 7) is 10.7. The van der Waals surface area contributed by atoms with Gasteiger partial charge in [-0.2, -0.15) is 14.5 Å². The van der Waals surface area contributed by atoms with E-state index in [2.05, 4.69) is 54.1 Å². The first-order valence-corrected chi connectivity index (χ1v) is 14.0. The van der Waals surface area contributed by atoms with Gasteiger partial charge in [0.05, 0.1) is 18.9 Å². The van der Waals surface area contributed by atoms with E-state index in [1.54, 1.807) is 28.9 Å². The quantitative estimate of drug-likeness (QED) is 0.279. The highest BCUT2D eigenvalue weighted by Gasteiger charge is 2.40. The van der Waals surface area contributed by atoms with Crippen LogP contribution in [0.1, 0.15) is 26.3 Å². The second-order valence-corrected chi connectivity index (χ2v) is 14.4. The van der Waals surface area contributed by atoms with E-state index in [4.69, 9.17) is 13.7 Å². The molecule has 0 unspecified atom stereocenters. The first-order valence-electron chi connectivity index (χ1n) is 11.1. The van der Waals surface area contributed by atoms with E-state index < -0.39 is 20.0 Å². The third kappa shape index (κ3) is 4.95. The van der Waals surface area contributed by atoms with Gasteiger partial charge in [-0.25, -0.2) is 9.37 Å². The number of hydrogen-bond acceptors (Lipinski definition) is 6. The van der Waals surface area contributed by atoms with Crippen molar-refractivity contribution in [2.75, 3.05) is 7.11 Å². The fraction of sp³-hybridized carbons (Fsp3) is 0.333. The summed E-state index contributed by atoms with van der Waals surface area (Å²) >= 11 is 0. The van der Waals surface area contributed by atoms with Crippen molar-refractivity contribution in [3.05, 3.63) is 60.0 Å². The lowest BCUT2D eigenvalue weighted by Crippen LogP contribution is -2.45. The van der Waals surface area contributed by atoms with E-state index in [-0.39, 0.29) is 23.3 Å². The highest BCUT2D eigenvalue weighted by molar-refractivity contribution is 6.74. The van der Waals surface area contributed by atoms with E-state index in [1.807, 2.05) is 0 Å². The molecule has 3 heterocycles. The predicted molar refractivity (Wildman–Crippen MR) is 127 cm³/mol. The van der Waals surface area contributed by atoms with E-state index in [9.17, 15) is 4.39 Å². The van der Waals surface area contributed by atoms with E-state index in [0.717, 1.165) is 6.20 Å². The summed E-state index contributed by atoms with van der Waals surface area (Å²) in [6, 6.07) is 8.22. The number of nitrogens with zero attached hydrogens (tertiary/aromatic N) is 4. The van der Waals surface area contributed by atoms with Crippen LogP contribution in [0.25, 0.3) is 22.9 Å². The van der Waals surface area contributed by atoms with Gasteiger partial charge in [-0.05, 0) is 30.3 Å². The summed E-state index contributed by atoms with van der Waals surface area (Å²) in [5, 5.41) is 7.09. The van der Waals surface area contributed by atoms with Crippen LogP contribution in [0.5, 0.6) is 11.6 Å². The molecule has 0 aliphatic heterocycles. The molecule has 0 radical (unpaired) electrons. The summed E-state index contributed by atoms with van der Waals surface area (Å²) in [5.41, 5.74) is 1.96. The Kier molecular flexibility index (Phi) is 6.45. The van der Waals surface area contributed by atoms with Crippen LogP contribution in [0.15, 0.2) is 47.3 Å². The van der Waals surface area contributed by atoms with Crippen LogP contribution in [-0.4, -0.2) is 35.7 Å². The third-order valence-corrected chi connectivity index (χ3v) is 10.6. The predicted octanol–water partition coefficient (Wildman–Crippen LogP) is 5.13. The maximum Gasteiger partial charge on any atom is 0.276 e. The molecule has 184 valence electrons. The van der Waals surface area contributed by atoms with Gasteiger partial charge in [-0.1, -0.05) is 32.0 Å². The minimum absolute atomic E-state index is 0.0695. The molecule has 0 aliphatic rings. The summed E-state index contributed by atoms with van der Waals surface area (Å²) in [6.07, 6.45) is 2.48. The van der Waals surface area contributed by atoms with Crippen LogP contribution in [0.2, 0.25) is 18.1 Å². The third-order valence-electron chi connectivity index (χ3n) is 6.24. The molecular formula is C24H28F2N5O3Si+. The minimum Gasteiger partial charge on any atom is -0.543 e. The average molecular weight is 501 g/mol. The van der Waals surface area contributed by atoms with Gasteiger partial charge in [0.15, 0.2) is 0 Å². The fourth-order valence-electron chi connectivity index (χ4n) is 3.24. The molecule has 0 bridgehead atoms. The monoisotopic (exact) mass is 500 g/mol. The van der Waals surface area contributed by atoms with Gasteiger partial charge in [0.1, 0.15) is 29.2 Å². The highest BCUT2D eigenvalue weighted by atomic mass is 28.4. The van der Waals surface area contributed by atoms with E-state index >= 15 is 4.39 Å². The van der Waals surface area contributed by atoms with Crippen LogP contribution in [0.4, 0.5) is 8.78 Å². The summed E-state index contributed by atoms with van der Waals surface area (Å²) in [7, 11) is -0.919. The Hall–Kier alpha value is -3.60. The summed E-state index contributed by atoms with van der Waals surface area (Å²) in [5.74, 6) is -0.620. The lowest BCUT2D eigenvalue weighted by atomic mass is 10.2. The lowest BCUT2D eigenvalue weighted by Gasteiger charge is -2.36. The molecule has 0 fully saturated rings. The number of aromatic nitrogens is 5. The van der Waals surface area contributed by atoms with Crippen molar-refractivity contribution < 1.29 is 27.1 Å². The first-order chi connectivity index (χ1) is 16.5. The van der Waals surface area contributed by atoms with Crippen molar-refractivity contribution in [1.29, 1.82) is 0 Å². The largest absolute Gasteiger partial charge is 0.543 e. The fourth-order valence-corrected chi connectivity index (χ4v) is 4.28. The Morgan fingerprint density at radius 2 is 1.91 bits per heavy atom. The molecule has 3 aromatic heterocycles. The van der Waals surface area contributed by atoms with Crippen LogP contribution in [-0.2, 0) is 6.54 Å². The highest BCUT2D eigenvalue weighted by Crippen LogP contribution is 2.38. The Morgan fingerprint density at radius 3 is 2.57 bits per heavy atom. The number of rotatable bonds is 7. The number of benzene rings is 1. The molecule has 1 N–H and O–H groups in total. The number of halogens is 2. The Labute approximate surface area is 203 Å². The lowest BCUT2D eigenvalue weighted by molar-refractivity contribution is -0.732. The maximum atomic E-state index is 15.2. The van der Waals surface area contributed by atoms with Gasteiger partial charge < -0.3 is 13.7 Å². The average Bonchev–Trinajstić information content (AvgIpc) is 3.46. The standard InChI is InChI=1S/C24H27F2N5O3Si/c1-24(2,3)35(5,6)34-21-9-7-8-16(25)15(21)14-31-20(12-19(29-31)18-10-11-33-30-18)22-27-13-17(26)23(28-22)32-4/h7-13H,14H2,1-6H3/p+1. The normalized spacial score (nSPS) is 12.1. The summed E-state index contributed by atoms with van der Waals surface area (Å²) < 4.78 is 47.3. The first kappa shape index (κ1) is 24.5. The molecule has 11 heteroatoms. The minimum atomic E-state index is -2.24. The summed E-state index contributed by atoms with van der Waals surface area (Å²) in [4.78, 5) is 8.31. The topological polar surface area (TPSA) is 89.9 Å². The molecule has 0 amide bonds. The van der Waals surface area contributed by atoms with Crippen molar-refractivity contribution >= 4 is 8.32 Å². The van der Waals surface area contributed by atoms with Crippen LogP contribution in [0.3, 0.4) is 0 Å². The molecule has 4 rings (SSSR count). The molecule has 0 atom stereocenters. The van der Waals surface area contributed by atoms with Gasteiger partial charge >= 0.3 is 0 Å². The smallest absolute Gasteiger partial charge is 0.276 e. The van der Waals surface area contributed by atoms with Crippen LogP contribution >= 0.6 is 0 Å². The zero-order chi connectivity index (χ0) is 25.4. The molecular weight excluding hydrogens is 472 g/mol. The van der Waals surface area contributed by atoms with Gasteiger partial charge in [0, 0.05) is 12.1 Å². The number of H-pyrrole nitrogens is 1. The van der Waals surface area contributed by atoms with Crippen molar-refractivity contribution in [3.8, 4) is 34.5 Å².